The summed E-state index contributed by atoms with van der Waals surface area (Å²) in [5.41, 5.74) is 6.65. The number of benzene rings is 1. The van der Waals surface area contributed by atoms with Crippen molar-refractivity contribution in [2.24, 2.45) is 5.73 Å². The number of rotatable bonds is 5. The first-order chi connectivity index (χ1) is 9.10. The van der Waals surface area contributed by atoms with Crippen molar-refractivity contribution in [3.63, 3.8) is 0 Å². The first-order valence-electron chi connectivity index (χ1n) is 6.54. The van der Waals surface area contributed by atoms with Crippen LogP contribution in [0.1, 0.15) is 18.9 Å². The number of hydrogen-bond acceptors (Lipinski definition) is 4. The molecule has 3 unspecified atom stereocenters. The summed E-state index contributed by atoms with van der Waals surface area (Å²) in [5, 5.41) is 12.2. The molecule has 19 heavy (non-hydrogen) atoms. The second-order valence-electron chi connectivity index (χ2n) is 4.83. The molecule has 0 radical (unpaired) electrons. The number of carbonyl (C=O) groups excluding carboxylic acids is 1. The number of aromatic hydroxyl groups is 1. The van der Waals surface area contributed by atoms with E-state index in [-0.39, 0.29) is 36.3 Å². The summed E-state index contributed by atoms with van der Waals surface area (Å²) in [4.78, 5) is 11.9. The molecule has 4 N–H and O–H groups in total. The van der Waals surface area contributed by atoms with E-state index in [0.717, 1.165) is 12.0 Å². The SMILES string of the molecule is CCOC1CC(N)C1NC(=O)Cc1cccc(O)c1. The van der Waals surface area contributed by atoms with Crippen LogP contribution in [0.2, 0.25) is 0 Å². The van der Waals surface area contributed by atoms with Gasteiger partial charge in [-0.25, -0.2) is 0 Å². The lowest BCUT2D eigenvalue weighted by molar-refractivity contribution is -0.125. The summed E-state index contributed by atoms with van der Waals surface area (Å²) in [6.07, 6.45) is 1.04. The fourth-order valence-electron chi connectivity index (χ4n) is 2.32. The molecule has 5 heteroatoms. The molecule has 0 spiro atoms. The van der Waals surface area contributed by atoms with Crippen molar-refractivity contribution < 1.29 is 14.6 Å². The van der Waals surface area contributed by atoms with Crippen LogP contribution in [0.3, 0.4) is 0 Å². The van der Waals surface area contributed by atoms with E-state index in [4.69, 9.17) is 10.5 Å². The minimum Gasteiger partial charge on any atom is -0.508 e. The van der Waals surface area contributed by atoms with Crippen LogP contribution >= 0.6 is 0 Å². The Labute approximate surface area is 112 Å². The monoisotopic (exact) mass is 264 g/mol. The molecule has 0 aromatic heterocycles. The van der Waals surface area contributed by atoms with Crippen molar-refractivity contribution in [2.75, 3.05) is 6.61 Å². The van der Waals surface area contributed by atoms with Crippen LogP contribution in [0.25, 0.3) is 0 Å². The molecule has 5 nitrogen and oxygen atoms in total. The molecule has 0 heterocycles. The van der Waals surface area contributed by atoms with Gasteiger partial charge >= 0.3 is 0 Å². The van der Waals surface area contributed by atoms with Gasteiger partial charge in [-0.15, -0.1) is 0 Å². The topological polar surface area (TPSA) is 84.6 Å². The molecule has 1 aliphatic rings. The highest BCUT2D eigenvalue weighted by molar-refractivity contribution is 5.79. The van der Waals surface area contributed by atoms with Gasteiger partial charge in [0.15, 0.2) is 0 Å². The zero-order valence-electron chi connectivity index (χ0n) is 11.0. The van der Waals surface area contributed by atoms with Crippen molar-refractivity contribution >= 4 is 5.91 Å². The average Bonchev–Trinajstić information content (AvgIpc) is 2.36. The highest BCUT2D eigenvalue weighted by atomic mass is 16.5. The van der Waals surface area contributed by atoms with Gasteiger partial charge in [-0.05, 0) is 31.0 Å². The molecule has 1 fully saturated rings. The summed E-state index contributed by atoms with van der Waals surface area (Å²) in [7, 11) is 0. The Bertz CT molecular complexity index is 448. The standard InChI is InChI=1S/C14H20N2O3/c1-2-19-12-8-11(15)14(12)16-13(18)7-9-4-3-5-10(17)6-9/h3-6,11-12,14,17H,2,7-8,15H2,1H3,(H,16,18). The molecule has 1 aromatic rings. The van der Waals surface area contributed by atoms with Gasteiger partial charge in [-0.3, -0.25) is 4.79 Å². The van der Waals surface area contributed by atoms with Gasteiger partial charge in [-0.2, -0.15) is 0 Å². The number of ether oxygens (including phenoxy) is 1. The van der Waals surface area contributed by atoms with E-state index in [0.29, 0.717) is 6.61 Å². The number of nitrogens with one attached hydrogen (secondary N) is 1. The fraction of sp³-hybridized carbons (Fsp3) is 0.500. The summed E-state index contributed by atoms with van der Waals surface area (Å²) in [5.74, 6) is 0.0632. The Kier molecular flexibility index (Phi) is 4.39. The van der Waals surface area contributed by atoms with E-state index < -0.39 is 0 Å². The lowest BCUT2D eigenvalue weighted by Crippen LogP contribution is -2.64. The van der Waals surface area contributed by atoms with E-state index >= 15 is 0 Å². The highest BCUT2D eigenvalue weighted by Crippen LogP contribution is 2.22. The van der Waals surface area contributed by atoms with Crippen molar-refractivity contribution in [1.29, 1.82) is 0 Å². The molecule has 104 valence electrons. The molecule has 1 saturated carbocycles. The quantitative estimate of drug-likeness (QED) is 0.725. The van der Waals surface area contributed by atoms with Crippen LogP contribution < -0.4 is 11.1 Å². The van der Waals surface area contributed by atoms with Gasteiger partial charge in [0, 0.05) is 12.6 Å². The molecule has 2 rings (SSSR count). The van der Waals surface area contributed by atoms with E-state index in [1.165, 1.54) is 0 Å². The predicted molar refractivity (Wildman–Crippen MR) is 71.7 cm³/mol. The van der Waals surface area contributed by atoms with Gasteiger partial charge < -0.3 is 20.9 Å². The fourth-order valence-corrected chi connectivity index (χ4v) is 2.32. The van der Waals surface area contributed by atoms with Crippen LogP contribution in [0.15, 0.2) is 24.3 Å². The maximum Gasteiger partial charge on any atom is 0.224 e. The Morgan fingerprint density at radius 1 is 1.58 bits per heavy atom. The second kappa shape index (κ2) is 6.04. The maximum absolute atomic E-state index is 11.9. The van der Waals surface area contributed by atoms with E-state index in [2.05, 4.69) is 5.32 Å². The minimum atomic E-state index is -0.107. The van der Waals surface area contributed by atoms with Gasteiger partial charge in [0.05, 0.1) is 18.6 Å². The maximum atomic E-state index is 11.9. The van der Waals surface area contributed by atoms with Gasteiger partial charge in [0.2, 0.25) is 5.91 Å². The highest BCUT2D eigenvalue weighted by Gasteiger charge is 2.40. The average molecular weight is 264 g/mol. The molecule has 1 amide bonds. The van der Waals surface area contributed by atoms with Gasteiger partial charge in [0.25, 0.3) is 0 Å². The van der Waals surface area contributed by atoms with Crippen molar-refractivity contribution in [2.45, 2.75) is 38.0 Å². The number of nitrogens with two attached hydrogens (primary N) is 1. The first-order valence-corrected chi connectivity index (χ1v) is 6.54. The van der Waals surface area contributed by atoms with Crippen molar-refractivity contribution in [3.05, 3.63) is 29.8 Å². The summed E-state index contributed by atoms with van der Waals surface area (Å²) in [6, 6.07) is 6.54. The van der Waals surface area contributed by atoms with Crippen molar-refractivity contribution in [3.8, 4) is 5.75 Å². The Balaban J connectivity index is 1.87. The van der Waals surface area contributed by atoms with Crippen LogP contribution in [0, 0.1) is 0 Å². The Hall–Kier alpha value is -1.59. The molecule has 0 saturated heterocycles. The van der Waals surface area contributed by atoms with Crippen LogP contribution in [-0.2, 0) is 16.0 Å². The number of phenolic OH excluding ortho intramolecular Hbond substituents is 1. The van der Waals surface area contributed by atoms with Crippen LogP contribution in [0.4, 0.5) is 0 Å². The van der Waals surface area contributed by atoms with Crippen LogP contribution in [0.5, 0.6) is 5.75 Å². The zero-order chi connectivity index (χ0) is 13.8. The molecule has 3 atom stereocenters. The molecule has 1 aliphatic carbocycles. The smallest absolute Gasteiger partial charge is 0.224 e. The van der Waals surface area contributed by atoms with E-state index in [1.807, 2.05) is 6.92 Å². The largest absolute Gasteiger partial charge is 0.508 e. The van der Waals surface area contributed by atoms with Gasteiger partial charge in [0.1, 0.15) is 5.75 Å². The number of carbonyl (C=O) groups is 1. The number of amides is 1. The lowest BCUT2D eigenvalue weighted by Gasteiger charge is -2.42. The van der Waals surface area contributed by atoms with E-state index in [1.54, 1.807) is 24.3 Å². The normalized spacial score (nSPS) is 25.7. The lowest BCUT2D eigenvalue weighted by atomic mass is 9.83. The first kappa shape index (κ1) is 13.8. The predicted octanol–water partition coefficient (Wildman–Crippen LogP) is 0.556. The van der Waals surface area contributed by atoms with Gasteiger partial charge in [-0.1, -0.05) is 12.1 Å². The molecular weight excluding hydrogens is 244 g/mol. The Morgan fingerprint density at radius 3 is 3.00 bits per heavy atom. The Morgan fingerprint density at radius 2 is 2.37 bits per heavy atom. The van der Waals surface area contributed by atoms with Crippen molar-refractivity contribution in [1.82, 2.24) is 5.32 Å². The van der Waals surface area contributed by atoms with Crippen LogP contribution in [-0.4, -0.2) is 35.8 Å². The summed E-state index contributed by atoms with van der Waals surface area (Å²) in [6.45, 7) is 2.55. The third-order valence-electron chi connectivity index (χ3n) is 3.35. The third kappa shape index (κ3) is 3.45. The second-order valence-corrected chi connectivity index (χ2v) is 4.83. The number of hydrogen-bond donors (Lipinski definition) is 3. The molecule has 0 aliphatic heterocycles. The molecular formula is C14H20N2O3. The minimum absolute atomic E-state index is 0.0214. The number of phenols is 1. The molecule has 0 bridgehead atoms. The zero-order valence-corrected chi connectivity index (χ0v) is 11.0. The third-order valence-corrected chi connectivity index (χ3v) is 3.35. The summed E-state index contributed by atoms with van der Waals surface area (Å²) < 4.78 is 5.50. The molecule has 1 aromatic carbocycles. The summed E-state index contributed by atoms with van der Waals surface area (Å²) >= 11 is 0. The van der Waals surface area contributed by atoms with E-state index in [9.17, 15) is 9.90 Å².